The summed E-state index contributed by atoms with van der Waals surface area (Å²) in [6, 6.07) is 7.64. The van der Waals surface area contributed by atoms with Gasteiger partial charge < -0.3 is 4.74 Å². The van der Waals surface area contributed by atoms with Crippen LogP contribution < -0.4 is 4.74 Å². The lowest BCUT2D eigenvalue weighted by Crippen LogP contribution is -2.11. The molecule has 0 spiro atoms. The Morgan fingerprint density at radius 2 is 2.13 bits per heavy atom. The number of non-ortho nitro benzene ring substituents is 1. The van der Waals surface area contributed by atoms with E-state index in [1.54, 1.807) is 0 Å². The van der Waals surface area contributed by atoms with Gasteiger partial charge in [0, 0.05) is 12.1 Å². The van der Waals surface area contributed by atoms with Crippen molar-refractivity contribution in [1.29, 1.82) is 5.26 Å². The van der Waals surface area contributed by atoms with Gasteiger partial charge in [0.2, 0.25) is 0 Å². The van der Waals surface area contributed by atoms with Gasteiger partial charge in [-0.1, -0.05) is 6.92 Å². The van der Waals surface area contributed by atoms with E-state index in [9.17, 15) is 10.1 Å². The molecule has 0 fully saturated rings. The van der Waals surface area contributed by atoms with Crippen molar-refractivity contribution in [3.63, 3.8) is 0 Å². The normalized spacial score (nSPS) is 11.5. The fraction of sp³-hybridized carbons (Fsp3) is 0.300. The molecule has 1 aromatic rings. The molecule has 0 aliphatic rings. The smallest absolute Gasteiger partial charge is 0.269 e. The summed E-state index contributed by atoms with van der Waals surface area (Å²) in [4.78, 5) is 9.88. The molecule has 15 heavy (non-hydrogen) atoms. The van der Waals surface area contributed by atoms with Gasteiger partial charge in [0.1, 0.15) is 11.8 Å². The van der Waals surface area contributed by atoms with E-state index in [4.69, 9.17) is 10.00 Å². The molecule has 0 aliphatic carbocycles. The molecule has 0 aromatic heterocycles. The number of ether oxygens (including phenoxy) is 1. The summed E-state index contributed by atoms with van der Waals surface area (Å²) in [6.07, 6.45) is 0.0690. The molecule has 0 amide bonds. The summed E-state index contributed by atoms with van der Waals surface area (Å²) in [6.45, 7) is 1.83. The number of nitriles is 1. The van der Waals surface area contributed by atoms with E-state index in [0.717, 1.165) is 0 Å². The van der Waals surface area contributed by atoms with E-state index >= 15 is 0 Å². The van der Waals surface area contributed by atoms with Crippen LogP contribution in [-0.4, -0.2) is 11.0 Å². The predicted molar refractivity (Wildman–Crippen MR) is 53.4 cm³/mol. The van der Waals surface area contributed by atoms with Crippen molar-refractivity contribution in [3.8, 4) is 11.8 Å². The molecular formula is C10H10N2O3. The van der Waals surface area contributed by atoms with E-state index in [0.29, 0.717) is 12.2 Å². The zero-order valence-corrected chi connectivity index (χ0v) is 8.21. The topological polar surface area (TPSA) is 76.2 Å². The van der Waals surface area contributed by atoms with Crippen LogP contribution in [0.15, 0.2) is 24.3 Å². The zero-order valence-electron chi connectivity index (χ0n) is 8.21. The van der Waals surface area contributed by atoms with Crippen LogP contribution in [0.25, 0.3) is 0 Å². The molecule has 78 valence electrons. The van der Waals surface area contributed by atoms with Crippen LogP contribution in [0.4, 0.5) is 5.69 Å². The van der Waals surface area contributed by atoms with Gasteiger partial charge in [-0.05, 0) is 18.6 Å². The Morgan fingerprint density at radius 1 is 1.53 bits per heavy atom. The fourth-order valence-electron chi connectivity index (χ4n) is 1.01. The zero-order chi connectivity index (χ0) is 11.3. The number of hydrogen-bond acceptors (Lipinski definition) is 4. The Kier molecular flexibility index (Phi) is 3.63. The van der Waals surface area contributed by atoms with Gasteiger partial charge in [-0.15, -0.1) is 0 Å². The van der Waals surface area contributed by atoms with Crippen LogP contribution in [0, 0.1) is 21.4 Å². The highest BCUT2D eigenvalue weighted by Gasteiger charge is 2.08. The maximum absolute atomic E-state index is 10.4. The van der Waals surface area contributed by atoms with Crippen molar-refractivity contribution in [2.75, 3.05) is 0 Å². The minimum Gasteiger partial charge on any atom is -0.476 e. The summed E-state index contributed by atoms with van der Waals surface area (Å²) in [5, 5.41) is 19.0. The third-order valence-corrected chi connectivity index (χ3v) is 1.84. The standard InChI is InChI=1S/C10H10N2O3/c1-2-9(7-11)15-10-5-3-8(4-6-10)12(13)14/h3-6,9H,2H2,1H3. The monoisotopic (exact) mass is 206 g/mol. The Morgan fingerprint density at radius 3 is 2.53 bits per heavy atom. The molecule has 0 heterocycles. The number of nitrogens with zero attached hydrogens (tertiary/aromatic N) is 2. The Bertz CT molecular complexity index is 381. The summed E-state index contributed by atoms with van der Waals surface area (Å²) >= 11 is 0. The van der Waals surface area contributed by atoms with E-state index in [-0.39, 0.29) is 5.69 Å². The third-order valence-electron chi connectivity index (χ3n) is 1.84. The molecule has 1 unspecified atom stereocenters. The molecule has 0 N–H and O–H groups in total. The highest BCUT2D eigenvalue weighted by Crippen LogP contribution is 2.18. The summed E-state index contributed by atoms with van der Waals surface area (Å²) in [5.41, 5.74) is 0.00681. The fourth-order valence-corrected chi connectivity index (χ4v) is 1.01. The Labute approximate surface area is 87.1 Å². The van der Waals surface area contributed by atoms with Crippen molar-refractivity contribution in [2.45, 2.75) is 19.4 Å². The van der Waals surface area contributed by atoms with Gasteiger partial charge in [-0.2, -0.15) is 5.26 Å². The molecule has 0 bridgehead atoms. The molecule has 5 heteroatoms. The van der Waals surface area contributed by atoms with Gasteiger partial charge >= 0.3 is 0 Å². The van der Waals surface area contributed by atoms with Crippen LogP contribution in [0.2, 0.25) is 0 Å². The number of nitro groups is 1. The Hall–Kier alpha value is -2.09. The largest absolute Gasteiger partial charge is 0.476 e. The number of rotatable bonds is 4. The van der Waals surface area contributed by atoms with Crippen molar-refractivity contribution < 1.29 is 9.66 Å². The van der Waals surface area contributed by atoms with Crippen molar-refractivity contribution in [2.24, 2.45) is 0 Å². The minimum atomic E-state index is -0.508. The summed E-state index contributed by atoms with van der Waals surface area (Å²) in [5.74, 6) is 0.467. The van der Waals surface area contributed by atoms with Crippen molar-refractivity contribution in [1.82, 2.24) is 0 Å². The lowest BCUT2D eigenvalue weighted by molar-refractivity contribution is -0.384. The molecule has 0 radical (unpaired) electrons. The highest BCUT2D eigenvalue weighted by molar-refractivity contribution is 5.36. The van der Waals surface area contributed by atoms with Crippen LogP contribution in [0.5, 0.6) is 5.75 Å². The first-order valence-corrected chi connectivity index (χ1v) is 4.48. The average molecular weight is 206 g/mol. The highest BCUT2D eigenvalue weighted by atomic mass is 16.6. The number of hydrogen-bond donors (Lipinski definition) is 0. The van der Waals surface area contributed by atoms with Crippen molar-refractivity contribution in [3.05, 3.63) is 34.4 Å². The predicted octanol–water partition coefficient (Wildman–Crippen LogP) is 2.28. The van der Waals surface area contributed by atoms with Crippen LogP contribution in [0.3, 0.4) is 0 Å². The van der Waals surface area contributed by atoms with E-state index in [1.165, 1.54) is 24.3 Å². The van der Waals surface area contributed by atoms with Gasteiger partial charge in [-0.25, -0.2) is 0 Å². The van der Waals surface area contributed by atoms with Gasteiger partial charge in [0.05, 0.1) is 4.92 Å². The number of benzene rings is 1. The first-order valence-electron chi connectivity index (χ1n) is 4.48. The maximum atomic E-state index is 10.4. The second-order valence-electron chi connectivity index (χ2n) is 2.89. The summed E-state index contributed by atoms with van der Waals surface area (Å²) in [7, 11) is 0. The first kappa shape index (κ1) is 11.0. The molecule has 0 aliphatic heterocycles. The molecular weight excluding hydrogens is 196 g/mol. The lowest BCUT2D eigenvalue weighted by Gasteiger charge is -2.09. The van der Waals surface area contributed by atoms with Gasteiger partial charge in [0.25, 0.3) is 5.69 Å². The molecule has 5 nitrogen and oxygen atoms in total. The average Bonchev–Trinajstić information content (AvgIpc) is 2.26. The second-order valence-corrected chi connectivity index (χ2v) is 2.89. The van der Waals surface area contributed by atoms with Crippen LogP contribution in [0.1, 0.15) is 13.3 Å². The minimum absolute atomic E-state index is 0.00681. The van der Waals surface area contributed by atoms with Crippen LogP contribution in [-0.2, 0) is 0 Å². The molecule has 1 aromatic carbocycles. The van der Waals surface area contributed by atoms with Gasteiger partial charge in [0.15, 0.2) is 6.10 Å². The molecule has 0 saturated heterocycles. The van der Waals surface area contributed by atoms with Crippen LogP contribution >= 0.6 is 0 Å². The molecule has 1 rings (SSSR count). The molecule has 1 atom stereocenters. The third kappa shape index (κ3) is 2.95. The Balaban J connectivity index is 2.73. The second kappa shape index (κ2) is 4.96. The first-order chi connectivity index (χ1) is 7.17. The van der Waals surface area contributed by atoms with Gasteiger partial charge in [-0.3, -0.25) is 10.1 Å². The maximum Gasteiger partial charge on any atom is 0.269 e. The van der Waals surface area contributed by atoms with Crippen molar-refractivity contribution >= 4 is 5.69 Å². The quantitative estimate of drug-likeness (QED) is 0.559. The molecule has 0 saturated carbocycles. The van der Waals surface area contributed by atoms with E-state index in [2.05, 4.69) is 0 Å². The summed E-state index contributed by atoms with van der Waals surface area (Å²) < 4.78 is 5.26. The lowest BCUT2D eigenvalue weighted by atomic mass is 10.3. The number of nitro benzene ring substituents is 1. The van der Waals surface area contributed by atoms with E-state index in [1.807, 2.05) is 13.0 Å². The van der Waals surface area contributed by atoms with E-state index < -0.39 is 11.0 Å². The SMILES string of the molecule is CCC(C#N)Oc1ccc([N+](=O)[O-])cc1.